The Hall–Kier alpha value is -0.870. The zero-order valence-corrected chi connectivity index (χ0v) is 13.1. The Morgan fingerprint density at radius 2 is 1.74 bits per heavy atom. The molecule has 1 aromatic carbocycles. The summed E-state index contributed by atoms with van der Waals surface area (Å²) in [6.45, 7) is 8.94. The van der Waals surface area contributed by atoms with Crippen LogP contribution in [0.5, 0.6) is 0 Å². The largest absolute Gasteiger partial charge is 0.313 e. The van der Waals surface area contributed by atoms with E-state index in [2.05, 4.69) is 19.2 Å². The topological polar surface area (TPSA) is 46.2 Å². The van der Waals surface area contributed by atoms with Gasteiger partial charge >= 0.3 is 0 Å². The molecule has 2 atom stereocenters. The van der Waals surface area contributed by atoms with Gasteiger partial charge in [0.15, 0.2) is 9.84 Å². The smallest absolute Gasteiger partial charge is 0.179 e. The van der Waals surface area contributed by atoms with Gasteiger partial charge in [0.05, 0.1) is 10.6 Å². The molecule has 0 radical (unpaired) electrons. The number of nitrogens with one attached hydrogen (secondary N) is 1. The second-order valence-corrected chi connectivity index (χ2v) is 7.18. The van der Waals surface area contributed by atoms with Gasteiger partial charge in [-0.25, -0.2) is 8.42 Å². The maximum atomic E-state index is 12.4. The van der Waals surface area contributed by atoms with E-state index in [1.54, 1.807) is 12.1 Å². The maximum absolute atomic E-state index is 12.4. The van der Waals surface area contributed by atoms with Crippen LogP contribution >= 0.6 is 0 Å². The molecule has 0 spiro atoms. The summed E-state index contributed by atoms with van der Waals surface area (Å²) in [5.41, 5.74) is 1.07. The number of aryl methyl sites for hydroxylation is 1. The highest BCUT2D eigenvalue weighted by atomic mass is 32.2. The average Bonchev–Trinajstić information content (AvgIpc) is 2.37. The van der Waals surface area contributed by atoms with Crippen LogP contribution in [0.4, 0.5) is 0 Å². The van der Waals surface area contributed by atoms with Crippen LogP contribution in [0, 0.1) is 12.8 Å². The lowest BCUT2D eigenvalue weighted by molar-refractivity contribution is 0.398. The van der Waals surface area contributed by atoms with Gasteiger partial charge in [-0.3, -0.25) is 0 Å². The molecular formula is C15H25NO2S. The summed E-state index contributed by atoms with van der Waals surface area (Å²) < 4.78 is 24.8. The van der Waals surface area contributed by atoms with Crippen molar-refractivity contribution in [1.82, 2.24) is 5.32 Å². The van der Waals surface area contributed by atoms with Gasteiger partial charge in [-0.15, -0.1) is 0 Å². The molecule has 0 aliphatic carbocycles. The Balaban J connectivity index is 2.90. The average molecular weight is 283 g/mol. The molecule has 0 heterocycles. The number of hydrogen-bond acceptors (Lipinski definition) is 3. The molecule has 0 bridgehead atoms. The fraction of sp³-hybridized carbons (Fsp3) is 0.600. The number of benzene rings is 1. The molecule has 0 amide bonds. The molecule has 0 aromatic heterocycles. The fourth-order valence-electron chi connectivity index (χ4n) is 2.05. The Kier molecular flexibility index (Phi) is 6.01. The lowest BCUT2D eigenvalue weighted by Crippen LogP contribution is -2.40. The Labute approximate surface area is 117 Å². The number of hydrogen-bond donors (Lipinski definition) is 1. The lowest BCUT2D eigenvalue weighted by Gasteiger charge is -2.23. The number of sulfone groups is 1. The molecule has 108 valence electrons. The standard InChI is InChI=1S/C15H25NO2S/c1-5-13(4)15(16-6-2)11-19(17,18)14-9-7-12(3)8-10-14/h7-10,13,15-16H,5-6,11H2,1-4H3. The van der Waals surface area contributed by atoms with Crippen molar-refractivity contribution in [2.45, 2.75) is 45.1 Å². The molecular weight excluding hydrogens is 258 g/mol. The van der Waals surface area contributed by atoms with E-state index in [4.69, 9.17) is 0 Å². The molecule has 1 N–H and O–H groups in total. The third-order valence-electron chi connectivity index (χ3n) is 3.58. The third-order valence-corrected chi connectivity index (χ3v) is 5.36. The highest BCUT2D eigenvalue weighted by Gasteiger charge is 2.24. The Morgan fingerprint density at radius 1 is 1.16 bits per heavy atom. The second-order valence-electron chi connectivity index (χ2n) is 5.14. The van der Waals surface area contributed by atoms with Gasteiger partial charge in [0.25, 0.3) is 0 Å². The van der Waals surface area contributed by atoms with E-state index in [0.29, 0.717) is 10.8 Å². The van der Waals surface area contributed by atoms with Crippen molar-refractivity contribution in [3.8, 4) is 0 Å². The van der Waals surface area contributed by atoms with Crippen molar-refractivity contribution < 1.29 is 8.42 Å². The van der Waals surface area contributed by atoms with E-state index in [9.17, 15) is 8.42 Å². The van der Waals surface area contributed by atoms with E-state index in [0.717, 1.165) is 18.5 Å². The van der Waals surface area contributed by atoms with E-state index < -0.39 is 9.84 Å². The normalized spacial score (nSPS) is 15.2. The summed E-state index contributed by atoms with van der Waals surface area (Å²) in [4.78, 5) is 0.421. The van der Waals surface area contributed by atoms with E-state index >= 15 is 0 Å². The minimum absolute atomic E-state index is 0.0151. The van der Waals surface area contributed by atoms with E-state index in [1.165, 1.54) is 0 Å². The van der Waals surface area contributed by atoms with Crippen LogP contribution in [0.25, 0.3) is 0 Å². The van der Waals surface area contributed by atoms with Crippen molar-refractivity contribution in [2.24, 2.45) is 5.92 Å². The van der Waals surface area contributed by atoms with Crippen molar-refractivity contribution in [3.63, 3.8) is 0 Å². The van der Waals surface area contributed by atoms with Gasteiger partial charge < -0.3 is 5.32 Å². The van der Waals surface area contributed by atoms with Crippen molar-refractivity contribution >= 4 is 9.84 Å². The summed E-state index contributed by atoms with van der Waals surface area (Å²) in [5.74, 6) is 0.513. The molecule has 4 heteroatoms. The highest BCUT2D eigenvalue weighted by Crippen LogP contribution is 2.17. The first-order valence-corrected chi connectivity index (χ1v) is 8.58. The van der Waals surface area contributed by atoms with Gasteiger partial charge in [-0.05, 0) is 31.5 Å². The summed E-state index contributed by atoms with van der Waals surface area (Å²) >= 11 is 0. The van der Waals surface area contributed by atoms with Crippen LogP contribution in [0.1, 0.15) is 32.8 Å². The van der Waals surface area contributed by atoms with Crippen LogP contribution in [0.2, 0.25) is 0 Å². The molecule has 0 aliphatic heterocycles. The molecule has 1 rings (SSSR count). The van der Waals surface area contributed by atoms with Crippen molar-refractivity contribution in [1.29, 1.82) is 0 Å². The fourth-order valence-corrected chi connectivity index (χ4v) is 3.71. The summed E-state index contributed by atoms with van der Waals surface area (Å²) in [5, 5.41) is 3.29. The molecule has 0 saturated heterocycles. The summed E-state index contributed by atoms with van der Waals surface area (Å²) in [7, 11) is -3.22. The predicted octanol–water partition coefficient (Wildman–Crippen LogP) is 2.79. The molecule has 0 aliphatic rings. The van der Waals surface area contributed by atoms with Gasteiger partial charge in [0.1, 0.15) is 0 Å². The first-order valence-electron chi connectivity index (χ1n) is 6.93. The molecule has 19 heavy (non-hydrogen) atoms. The highest BCUT2D eigenvalue weighted by molar-refractivity contribution is 7.91. The van der Waals surface area contributed by atoms with Crippen LogP contribution in [-0.4, -0.2) is 26.8 Å². The number of rotatable bonds is 7. The van der Waals surface area contributed by atoms with Crippen LogP contribution in [0.3, 0.4) is 0 Å². The monoisotopic (exact) mass is 283 g/mol. The SMILES string of the molecule is CCNC(CS(=O)(=O)c1ccc(C)cc1)C(C)CC. The maximum Gasteiger partial charge on any atom is 0.179 e. The Morgan fingerprint density at radius 3 is 2.21 bits per heavy atom. The van der Waals surface area contributed by atoms with Gasteiger partial charge in [0, 0.05) is 6.04 Å². The van der Waals surface area contributed by atoms with E-state index in [-0.39, 0.29) is 11.8 Å². The predicted molar refractivity (Wildman–Crippen MR) is 80.2 cm³/mol. The minimum atomic E-state index is -3.22. The Bertz CT molecular complexity index is 479. The molecule has 0 saturated carbocycles. The first kappa shape index (κ1) is 16.2. The van der Waals surface area contributed by atoms with Gasteiger partial charge in [-0.2, -0.15) is 0 Å². The van der Waals surface area contributed by atoms with Crippen LogP contribution in [0.15, 0.2) is 29.2 Å². The minimum Gasteiger partial charge on any atom is -0.313 e. The van der Waals surface area contributed by atoms with Gasteiger partial charge in [-0.1, -0.05) is 44.9 Å². The molecule has 0 fully saturated rings. The second kappa shape index (κ2) is 7.06. The summed E-state index contributed by atoms with van der Waals surface area (Å²) in [6.07, 6.45) is 0.973. The molecule has 3 nitrogen and oxygen atoms in total. The molecule has 2 unspecified atom stereocenters. The third kappa shape index (κ3) is 4.62. The van der Waals surface area contributed by atoms with Crippen LogP contribution < -0.4 is 5.32 Å². The van der Waals surface area contributed by atoms with Crippen molar-refractivity contribution in [2.75, 3.05) is 12.3 Å². The quantitative estimate of drug-likeness (QED) is 0.837. The van der Waals surface area contributed by atoms with E-state index in [1.807, 2.05) is 26.0 Å². The summed E-state index contributed by atoms with van der Waals surface area (Å²) in [6, 6.07) is 7.10. The van der Waals surface area contributed by atoms with Crippen LogP contribution in [-0.2, 0) is 9.84 Å². The lowest BCUT2D eigenvalue weighted by atomic mass is 10.0. The van der Waals surface area contributed by atoms with Crippen molar-refractivity contribution in [3.05, 3.63) is 29.8 Å². The molecule has 1 aromatic rings. The first-order chi connectivity index (χ1) is 8.90. The zero-order chi connectivity index (χ0) is 14.5. The zero-order valence-electron chi connectivity index (χ0n) is 12.3. The van der Waals surface area contributed by atoms with Gasteiger partial charge in [0.2, 0.25) is 0 Å².